The Hall–Kier alpha value is -3.74. The van der Waals surface area contributed by atoms with Crippen LogP contribution in [0.15, 0.2) is 59.7 Å². The number of nitrogens with zero attached hydrogens (tertiary/aromatic N) is 2. The molecule has 0 radical (unpaired) electrons. The van der Waals surface area contributed by atoms with E-state index >= 15 is 0 Å². The molecule has 0 unspecified atom stereocenters. The average molecular weight is 389 g/mol. The Bertz CT molecular complexity index is 1240. The highest BCUT2D eigenvalue weighted by Gasteiger charge is 2.16. The van der Waals surface area contributed by atoms with E-state index in [0.717, 1.165) is 11.1 Å². The molecule has 2 heterocycles. The zero-order valence-electron chi connectivity index (χ0n) is 15.9. The fourth-order valence-corrected chi connectivity index (χ4v) is 3.44. The van der Waals surface area contributed by atoms with E-state index in [-0.39, 0.29) is 17.5 Å². The van der Waals surface area contributed by atoms with Gasteiger partial charge in [0.15, 0.2) is 5.43 Å². The van der Waals surface area contributed by atoms with E-state index < -0.39 is 5.82 Å². The number of H-pyrrole nitrogens is 1. The summed E-state index contributed by atoms with van der Waals surface area (Å²) in [6, 6.07) is 13.9. The molecule has 4 aromatic rings. The van der Waals surface area contributed by atoms with E-state index in [9.17, 15) is 9.18 Å². The van der Waals surface area contributed by atoms with Crippen molar-refractivity contribution in [2.75, 3.05) is 11.1 Å². The summed E-state index contributed by atoms with van der Waals surface area (Å²) in [5.41, 5.74) is 8.55. The molecule has 0 amide bonds. The first-order chi connectivity index (χ1) is 14.1. The van der Waals surface area contributed by atoms with Crippen LogP contribution in [0, 0.1) is 5.82 Å². The molecule has 2 aromatic carbocycles. The van der Waals surface area contributed by atoms with Crippen LogP contribution >= 0.6 is 0 Å². The number of benzene rings is 2. The predicted molar refractivity (Wildman–Crippen MR) is 113 cm³/mol. The first-order valence-electron chi connectivity index (χ1n) is 9.32. The van der Waals surface area contributed by atoms with E-state index in [2.05, 4.69) is 20.3 Å². The Balaban J connectivity index is 1.86. The lowest BCUT2D eigenvalue weighted by Gasteiger charge is -2.15. The standard InChI is InChI=1S/C22H20FN5O/c1-2-14-21(24)26-12-27-22(14)25-11-16-18(13-7-4-3-5-8-13)28-19-15(20(16)29)9-6-10-17(19)23/h3-10,12H,2,11H2,1H3,(H,28,29)(H3,24,25,26,27). The van der Waals surface area contributed by atoms with Gasteiger partial charge in [-0.15, -0.1) is 0 Å². The van der Waals surface area contributed by atoms with Gasteiger partial charge in [0, 0.05) is 23.1 Å². The minimum atomic E-state index is -0.465. The van der Waals surface area contributed by atoms with Crippen LogP contribution < -0.4 is 16.5 Å². The predicted octanol–water partition coefficient (Wildman–Crippen LogP) is 3.88. The Morgan fingerprint density at radius 2 is 1.86 bits per heavy atom. The molecule has 6 nitrogen and oxygen atoms in total. The third kappa shape index (κ3) is 3.42. The summed E-state index contributed by atoms with van der Waals surface area (Å²) < 4.78 is 14.4. The van der Waals surface area contributed by atoms with Gasteiger partial charge in [0.1, 0.15) is 23.8 Å². The zero-order valence-corrected chi connectivity index (χ0v) is 15.9. The van der Waals surface area contributed by atoms with Gasteiger partial charge >= 0.3 is 0 Å². The molecule has 2 aromatic heterocycles. The summed E-state index contributed by atoms with van der Waals surface area (Å²) in [5.74, 6) is 0.522. The van der Waals surface area contributed by atoms with Crippen molar-refractivity contribution in [3.63, 3.8) is 0 Å². The van der Waals surface area contributed by atoms with Gasteiger partial charge in [0.2, 0.25) is 0 Å². The maximum atomic E-state index is 14.4. The number of hydrogen-bond acceptors (Lipinski definition) is 5. The molecule has 7 heteroatoms. The Morgan fingerprint density at radius 1 is 1.07 bits per heavy atom. The number of anilines is 2. The van der Waals surface area contributed by atoms with Crippen molar-refractivity contribution in [3.8, 4) is 11.3 Å². The number of aromatic nitrogens is 3. The van der Waals surface area contributed by atoms with E-state index in [4.69, 9.17) is 5.73 Å². The number of nitrogen functional groups attached to an aromatic ring is 1. The van der Waals surface area contributed by atoms with E-state index in [1.165, 1.54) is 18.5 Å². The van der Waals surface area contributed by atoms with Crippen LogP contribution in [0.3, 0.4) is 0 Å². The first-order valence-corrected chi connectivity index (χ1v) is 9.32. The molecule has 29 heavy (non-hydrogen) atoms. The van der Waals surface area contributed by atoms with Crippen LogP contribution in [0.5, 0.6) is 0 Å². The third-order valence-corrected chi connectivity index (χ3v) is 4.91. The molecule has 0 bridgehead atoms. The lowest BCUT2D eigenvalue weighted by Crippen LogP contribution is -2.18. The smallest absolute Gasteiger partial charge is 0.195 e. The minimum absolute atomic E-state index is 0.195. The van der Waals surface area contributed by atoms with Crippen molar-refractivity contribution in [1.29, 1.82) is 0 Å². The number of rotatable bonds is 5. The number of pyridine rings is 1. The minimum Gasteiger partial charge on any atom is -0.383 e. The Morgan fingerprint density at radius 3 is 2.62 bits per heavy atom. The number of halogens is 1. The van der Waals surface area contributed by atoms with Crippen LogP contribution in [0.1, 0.15) is 18.1 Å². The second-order valence-electron chi connectivity index (χ2n) is 6.63. The first kappa shape index (κ1) is 18.6. The van der Waals surface area contributed by atoms with Crippen molar-refractivity contribution in [3.05, 3.63) is 82.0 Å². The third-order valence-electron chi connectivity index (χ3n) is 4.91. The van der Waals surface area contributed by atoms with Crippen molar-refractivity contribution < 1.29 is 4.39 Å². The number of fused-ring (bicyclic) bond motifs is 1. The number of nitrogens with two attached hydrogens (primary N) is 1. The number of para-hydroxylation sites is 1. The molecule has 0 saturated heterocycles. The zero-order chi connectivity index (χ0) is 20.4. The molecule has 0 atom stereocenters. The molecule has 0 fully saturated rings. The maximum Gasteiger partial charge on any atom is 0.195 e. The lowest BCUT2D eigenvalue weighted by atomic mass is 10.0. The summed E-state index contributed by atoms with van der Waals surface area (Å²) >= 11 is 0. The van der Waals surface area contributed by atoms with E-state index in [0.29, 0.717) is 34.7 Å². The molecule has 4 N–H and O–H groups in total. The monoisotopic (exact) mass is 389 g/mol. The van der Waals surface area contributed by atoms with Crippen molar-refractivity contribution in [1.82, 2.24) is 15.0 Å². The summed E-state index contributed by atoms with van der Waals surface area (Å²) in [4.78, 5) is 24.6. The van der Waals surface area contributed by atoms with Crippen LogP contribution in [0.4, 0.5) is 16.0 Å². The number of aromatic amines is 1. The molecule has 0 aliphatic carbocycles. The quantitative estimate of drug-likeness (QED) is 0.481. The lowest BCUT2D eigenvalue weighted by molar-refractivity contribution is 0.636. The fourth-order valence-electron chi connectivity index (χ4n) is 3.44. The van der Waals surface area contributed by atoms with Crippen molar-refractivity contribution >= 4 is 22.5 Å². The molecule has 0 aliphatic rings. The van der Waals surface area contributed by atoms with Crippen LogP contribution in [-0.2, 0) is 13.0 Å². The van der Waals surface area contributed by atoms with E-state index in [1.807, 2.05) is 37.3 Å². The van der Waals surface area contributed by atoms with Crippen LogP contribution in [0.25, 0.3) is 22.2 Å². The maximum absolute atomic E-state index is 14.4. The topological polar surface area (TPSA) is 96.7 Å². The average Bonchev–Trinajstić information content (AvgIpc) is 2.74. The number of hydrogen-bond donors (Lipinski definition) is 3. The highest BCUT2D eigenvalue weighted by molar-refractivity contribution is 5.83. The second kappa shape index (κ2) is 7.71. The summed E-state index contributed by atoms with van der Waals surface area (Å²) in [7, 11) is 0. The van der Waals surface area contributed by atoms with Crippen molar-refractivity contribution in [2.24, 2.45) is 0 Å². The van der Waals surface area contributed by atoms with Gasteiger partial charge in [0.05, 0.1) is 11.2 Å². The van der Waals surface area contributed by atoms with E-state index in [1.54, 1.807) is 6.07 Å². The van der Waals surface area contributed by atoms with Crippen LogP contribution in [0.2, 0.25) is 0 Å². The molecule has 0 aliphatic heterocycles. The molecule has 146 valence electrons. The summed E-state index contributed by atoms with van der Waals surface area (Å²) in [5, 5.41) is 3.51. The highest BCUT2D eigenvalue weighted by atomic mass is 19.1. The van der Waals surface area contributed by atoms with Crippen molar-refractivity contribution in [2.45, 2.75) is 19.9 Å². The fraction of sp³-hybridized carbons (Fsp3) is 0.136. The van der Waals surface area contributed by atoms with Gasteiger partial charge in [-0.05, 0) is 24.1 Å². The summed E-state index contributed by atoms with van der Waals surface area (Å²) in [6.07, 6.45) is 2.04. The SMILES string of the molecule is CCc1c(N)ncnc1NCc1c(-c2ccccc2)[nH]c2c(F)cccc2c1=O. The number of nitrogens with one attached hydrogen (secondary N) is 2. The normalized spacial score (nSPS) is 11.0. The van der Waals surface area contributed by atoms with Gasteiger partial charge in [-0.2, -0.15) is 0 Å². The highest BCUT2D eigenvalue weighted by Crippen LogP contribution is 2.25. The van der Waals surface area contributed by atoms with Gasteiger partial charge in [-0.25, -0.2) is 14.4 Å². The summed E-state index contributed by atoms with van der Waals surface area (Å²) in [6.45, 7) is 2.16. The largest absolute Gasteiger partial charge is 0.383 e. The van der Waals surface area contributed by atoms with Gasteiger partial charge in [-0.3, -0.25) is 4.79 Å². The Kier molecular flexibility index (Phi) is 4.95. The molecule has 4 rings (SSSR count). The molecule has 0 saturated carbocycles. The molecule has 0 spiro atoms. The van der Waals surface area contributed by atoms with Crippen LogP contribution in [-0.4, -0.2) is 15.0 Å². The molecular weight excluding hydrogens is 369 g/mol. The van der Waals surface area contributed by atoms with Gasteiger partial charge in [0.25, 0.3) is 0 Å². The molecular formula is C22H20FN5O. The Labute approximate surface area is 166 Å². The van der Waals surface area contributed by atoms with Gasteiger partial charge in [-0.1, -0.05) is 43.3 Å². The second-order valence-corrected chi connectivity index (χ2v) is 6.63. The van der Waals surface area contributed by atoms with Gasteiger partial charge < -0.3 is 16.0 Å².